The van der Waals surface area contributed by atoms with Crippen molar-refractivity contribution in [3.8, 4) is 22.3 Å². The molecule has 0 amide bonds. The van der Waals surface area contributed by atoms with Gasteiger partial charge in [0.1, 0.15) is 11.2 Å². The molecular weight excluding hydrogens is 583 g/mol. The van der Waals surface area contributed by atoms with Crippen LogP contribution in [0.1, 0.15) is 49.1 Å². The van der Waals surface area contributed by atoms with Crippen LogP contribution < -0.4 is 4.90 Å². The van der Waals surface area contributed by atoms with Gasteiger partial charge in [0.15, 0.2) is 0 Å². The Balaban J connectivity index is 1.10. The van der Waals surface area contributed by atoms with E-state index in [-0.39, 0.29) is 5.41 Å². The SMILES string of the molecule is c1ccc(-c2ccc(N(c3ccc4c(c3)C3C5CC6CC(C5)CC3(C6)c3ccccc3-4)c3ccc4c(c3)oc3ccccc34)cc2)cc1. The lowest BCUT2D eigenvalue weighted by Crippen LogP contribution is -2.55. The van der Waals surface area contributed by atoms with Crippen LogP contribution in [0.25, 0.3) is 44.2 Å². The molecule has 7 aromatic rings. The van der Waals surface area contributed by atoms with E-state index in [0.29, 0.717) is 5.92 Å². The summed E-state index contributed by atoms with van der Waals surface area (Å²) in [5.41, 5.74) is 14.2. The minimum atomic E-state index is 0.284. The fourth-order valence-corrected chi connectivity index (χ4v) is 11.1. The molecule has 232 valence electrons. The molecule has 2 nitrogen and oxygen atoms in total. The van der Waals surface area contributed by atoms with E-state index in [2.05, 4.69) is 138 Å². The van der Waals surface area contributed by atoms with E-state index in [4.69, 9.17) is 4.42 Å². The highest BCUT2D eigenvalue weighted by molar-refractivity contribution is 6.06. The summed E-state index contributed by atoms with van der Waals surface area (Å²) in [6.07, 6.45) is 6.98. The van der Waals surface area contributed by atoms with E-state index in [9.17, 15) is 0 Å². The van der Waals surface area contributed by atoms with Crippen LogP contribution in [-0.4, -0.2) is 0 Å². The van der Waals surface area contributed by atoms with Gasteiger partial charge < -0.3 is 9.32 Å². The molecule has 0 aliphatic heterocycles. The zero-order chi connectivity index (χ0) is 31.4. The van der Waals surface area contributed by atoms with Gasteiger partial charge in [-0.3, -0.25) is 0 Å². The van der Waals surface area contributed by atoms with E-state index in [1.165, 1.54) is 60.0 Å². The van der Waals surface area contributed by atoms with E-state index in [1.807, 2.05) is 6.07 Å². The van der Waals surface area contributed by atoms with Gasteiger partial charge in [0.05, 0.1) is 0 Å². The van der Waals surface area contributed by atoms with Crippen LogP contribution in [0.3, 0.4) is 0 Å². The molecule has 5 aliphatic rings. The zero-order valence-corrected chi connectivity index (χ0v) is 27.0. The molecular formula is C46H37NO. The molecule has 0 N–H and O–H groups in total. The monoisotopic (exact) mass is 619 g/mol. The first-order valence-electron chi connectivity index (χ1n) is 17.8. The quantitative estimate of drug-likeness (QED) is 0.195. The summed E-state index contributed by atoms with van der Waals surface area (Å²) in [5.74, 6) is 3.16. The smallest absolute Gasteiger partial charge is 0.137 e. The number of hydrogen-bond acceptors (Lipinski definition) is 2. The van der Waals surface area contributed by atoms with Crippen molar-refractivity contribution in [1.82, 2.24) is 0 Å². The molecule has 12 rings (SSSR count). The summed E-state index contributed by atoms with van der Waals surface area (Å²) in [6, 6.07) is 51.7. The molecule has 48 heavy (non-hydrogen) atoms. The highest BCUT2D eigenvalue weighted by Crippen LogP contribution is 2.70. The third-order valence-electron chi connectivity index (χ3n) is 12.5. The first-order chi connectivity index (χ1) is 23.7. The van der Waals surface area contributed by atoms with Gasteiger partial charge in [0.25, 0.3) is 0 Å². The van der Waals surface area contributed by atoms with Crippen molar-refractivity contribution in [2.75, 3.05) is 4.90 Å². The van der Waals surface area contributed by atoms with E-state index in [1.54, 1.807) is 11.1 Å². The van der Waals surface area contributed by atoms with Crippen molar-refractivity contribution in [1.29, 1.82) is 0 Å². The van der Waals surface area contributed by atoms with Gasteiger partial charge in [-0.1, -0.05) is 91.0 Å². The Morgan fingerprint density at radius 2 is 1.19 bits per heavy atom. The lowest BCUT2D eigenvalue weighted by molar-refractivity contribution is -0.0289. The lowest BCUT2D eigenvalue weighted by Gasteiger charge is -2.63. The number of benzene rings is 6. The Hall–Kier alpha value is -5.08. The molecule has 3 atom stereocenters. The van der Waals surface area contributed by atoms with Crippen LogP contribution >= 0.6 is 0 Å². The van der Waals surface area contributed by atoms with Crippen molar-refractivity contribution in [3.63, 3.8) is 0 Å². The average Bonchev–Trinajstić information content (AvgIpc) is 3.50. The van der Waals surface area contributed by atoms with Gasteiger partial charge >= 0.3 is 0 Å². The largest absolute Gasteiger partial charge is 0.456 e. The second-order valence-corrected chi connectivity index (χ2v) is 15.1. The number of hydrogen-bond donors (Lipinski definition) is 0. The van der Waals surface area contributed by atoms with Gasteiger partial charge in [-0.15, -0.1) is 0 Å². The van der Waals surface area contributed by atoms with Crippen LogP contribution in [0.2, 0.25) is 0 Å². The van der Waals surface area contributed by atoms with Gasteiger partial charge in [0.2, 0.25) is 0 Å². The number of fused-ring (bicyclic) bond motifs is 6. The fraction of sp³-hybridized carbons (Fsp3) is 0.217. The number of anilines is 3. The molecule has 1 aromatic heterocycles. The van der Waals surface area contributed by atoms with Crippen LogP contribution in [0.4, 0.5) is 17.1 Å². The summed E-state index contributed by atoms with van der Waals surface area (Å²) in [6.45, 7) is 0. The molecule has 6 aromatic carbocycles. The van der Waals surface area contributed by atoms with Crippen molar-refractivity contribution >= 4 is 39.0 Å². The van der Waals surface area contributed by atoms with E-state index >= 15 is 0 Å². The average molecular weight is 620 g/mol. The first kappa shape index (κ1) is 26.9. The normalized spacial score (nSPS) is 24.8. The number of nitrogens with zero attached hydrogens (tertiary/aromatic N) is 1. The van der Waals surface area contributed by atoms with E-state index < -0.39 is 0 Å². The molecule has 1 spiro atoms. The van der Waals surface area contributed by atoms with Crippen LogP contribution in [0.15, 0.2) is 144 Å². The molecule has 3 unspecified atom stereocenters. The molecule has 0 radical (unpaired) electrons. The van der Waals surface area contributed by atoms with Crippen molar-refractivity contribution in [2.45, 2.75) is 43.4 Å². The Kier molecular flexibility index (Phi) is 5.59. The number of para-hydroxylation sites is 1. The molecule has 1 heterocycles. The predicted octanol–water partition coefficient (Wildman–Crippen LogP) is 12.6. The summed E-state index contributed by atoms with van der Waals surface area (Å²) >= 11 is 0. The molecule has 5 aliphatic carbocycles. The van der Waals surface area contributed by atoms with Crippen molar-refractivity contribution in [2.24, 2.45) is 17.8 Å². The summed E-state index contributed by atoms with van der Waals surface area (Å²) in [7, 11) is 0. The summed E-state index contributed by atoms with van der Waals surface area (Å²) in [5, 5.41) is 2.32. The van der Waals surface area contributed by atoms with Gasteiger partial charge in [-0.25, -0.2) is 0 Å². The minimum absolute atomic E-state index is 0.284. The van der Waals surface area contributed by atoms with Crippen LogP contribution in [0, 0.1) is 17.8 Å². The number of rotatable bonds is 4. The Morgan fingerprint density at radius 3 is 2.04 bits per heavy atom. The van der Waals surface area contributed by atoms with Crippen molar-refractivity contribution in [3.05, 3.63) is 151 Å². The lowest BCUT2D eigenvalue weighted by atomic mass is 9.40. The highest BCUT2D eigenvalue weighted by Gasteiger charge is 2.60. The molecule has 0 saturated heterocycles. The third-order valence-corrected chi connectivity index (χ3v) is 12.5. The topological polar surface area (TPSA) is 16.4 Å². The second-order valence-electron chi connectivity index (χ2n) is 15.1. The summed E-state index contributed by atoms with van der Waals surface area (Å²) in [4.78, 5) is 2.45. The van der Waals surface area contributed by atoms with Crippen LogP contribution in [-0.2, 0) is 5.41 Å². The zero-order valence-electron chi connectivity index (χ0n) is 27.0. The molecule has 4 saturated carbocycles. The Bertz CT molecular complexity index is 2350. The minimum Gasteiger partial charge on any atom is -0.456 e. The fourth-order valence-electron chi connectivity index (χ4n) is 11.1. The highest BCUT2D eigenvalue weighted by atomic mass is 16.3. The molecule has 2 heteroatoms. The molecule has 4 bridgehead atoms. The maximum Gasteiger partial charge on any atom is 0.137 e. The second kappa shape index (κ2) is 9.97. The van der Waals surface area contributed by atoms with Crippen LogP contribution in [0.5, 0.6) is 0 Å². The number of furan rings is 1. The Labute approximate surface area is 281 Å². The van der Waals surface area contributed by atoms with E-state index in [0.717, 1.165) is 51.1 Å². The molecule has 4 fully saturated rings. The van der Waals surface area contributed by atoms with Gasteiger partial charge in [-0.05, 0) is 132 Å². The third kappa shape index (κ3) is 3.80. The summed E-state index contributed by atoms with van der Waals surface area (Å²) < 4.78 is 6.43. The predicted molar refractivity (Wildman–Crippen MR) is 197 cm³/mol. The van der Waals surface area contributed by atoms with Gasteiger partial charge in [-0.2, -0.15) is 0 Å². The standard InChI is InChI=1S/C46H37NO/c1-2-8-31(9-3-1)32-14-16-34(17-15-32)47(36-19-21-40-39-11-5-7-13-43(39)48-44(40)26-36)35-18-20-37-38-10-4-6-12-42(38)46-27-29-22-30(28-46)24-33(23-29)45(46)41(37)25-35/h1-21,25-26,29-30,33,45H,22-24,27-28H2. The Morgan fingerprint density at radius 1 is 0.521 bits per heavy atom. The first-order valence-corrected chi connectivity index (χ1v) is 17.8. The van der Waals surface area contributed by atoms with Crippen molar-refractivity contribution < 1.29 is 4.42 Å². The van der Waals surface area contributed by atoms with Gasteiger partial charge in [0, 0.05) is 39.3 Å². The maximum atomic E-state index is 6.43. The maximum absolute atomic E-state index is 6.43.